The number of benzene rings is 3. The summed E-state index contributed by atoms with van der Waals surface area (Å²) in [6, 6.07) is 24.4. The highest BCUT2D eigenvalue weighted by atomic mass is 16.2. The van der Waals surface area contributed by atoms with E-state index in [1.165, 1.54) is 0 Å². The number of nitrogens with one attached hydrogen (secondary N) is 3. The number of anilines is 1. The minimum absolute atomic E-state index is 0.00246. The number of hydrogen-bond acceptors (Lipinski definition) is 5. The topological polar surface area (TPSA) is 138 Å². The van der Waals surface area contributed by atoms with Gasteiger partial charge in [0.15, 0.2) is 5.82 Å². The molecular formula is C32H35N7O. The Labute approximate surface area is 233 Å². The van der Waals surface area contributed by atoms with Gasteiger partial charge in [-0.3, -0.25) is 9.89 Å². The van der Waals surface area contributed by atoms with Crippen LogP contribution in [0.25, 0.3) is 33.3 Å². The highest BCUT2D eigenvalue weighted by Gasteiger charge is 2.29. The fourth-order valence-electron chi connectivity index (χ4n) is 5.85. The van der Waals surface area contributed by atoms with Crippen molar-refractivity contribution in [1.82, 2.24) is 25.5 Å². The van der Waals surface area contributed by atoms with Gasteiger partial charge in [-0.25, -0.2) is 4.98 Å². The van der Waals surface area contributed by atoms with Crippen LogP contribution in [0.5, 0.6) is 0 Å². The molecule has 1 amide bonds. The van der Waals surface area contributed by atoms with Gasteiger partial charge in [-0.1, -0.05) is 60.7 Å². The standard InChI is InChI=1S/C32H35N7O/c33-18-20-10-12-22(13-11-20)32(40)37-28(16-23-8-4-5-9-25(23)21-6-2-1-3-7-21)31-35-19-29(36-31)24-14-15-26-27(17-24)38-39-30(26)34/h1-9,14-15,17,19-20,22,28H,10-13,16,18,33H2,(H,35,36)(H,37,40)(H3,34,38,39)/t20?,22?,28-/m0/s1. The van der Waals surface area contributed by atoms with Gasteiger partial charge in [0.1, 0.15) is 5.82 Å². The predicted molar refractivity (Wildman–Crippen MR) is 159 cm³/mol. The molecule has 1 aliphatic carbocycles. The van der Waals surface area contributed by atoms with E-state index in [-0.39, 0.29) is 17.9 Å². The average Bonchev–Trinajstić information content (AvgIpc) is 3.64. The summed E-state index contributed by atoms with van der Waals surface area (Å²) >= 11 is 0. The molecule has 0 bridgehead atoms. The number of carbonyl (C=O) groups is 1. The Morgan fingerprint density at radius 2 is 1.75 bits per heavy atom. The van der Waals surface area contributed by atoms with Crippen LogP contribution in [0.1, 0.15) is 43.1 Å². The maximum Gasteiger partial charge on any atom is 0.223 e. The van der Waals surface area contributed by atoms with Crippen molar-refractivity contribution in [3.63, 3.8) is 0 Å². The van der Waals surface area contributed by atoms with E-state index in [1.807, 2.05) is 48.7 Å². The molecule has 8 nitrogen and oxygen atoms in total. The van der Waals surface area contributed by atoms with Crippen LogP contribution >= 0.6 is 0 Å². The van der Waals surface area contributed by atoms with Gasteiger partial charge in [-0.2, -0.15) is 5.10 Å². The molecule has 5 aromatic rings. The van der Waals surface area contributed by atoms with Crippen LogP contribution in [0.3, 0.4) is 0 Å². The van der Waals surface area contributed by atoms with Gasteiger partial charge in [-0.05, 0) is 67.0 Å². The second-order valence-corrected chi connectivity index (χ2v) is 10.8. The first kappa shape index (κ1) is 25.8. The Hall–Kier alpha value is -4.43. The summed E-state index contributed by atoms with van der Waals surface area (Å²) < 4.78 is 0. The highest BCUT2D eigenvalue weighted by Crippen LogP contribution is 2.32. The second-order valence-electron chi connectivity index (χ2n) is 10.8. The van der Waals surface area contributed by atoms with Crippen molar-refractivity contribution >= 4 is 22.6 Å². The number of imidazole rings is 1. The van der Waals surface area contributed by atoms with Crippen LogP contribution in [-0.2, 0) is 11.2 Å². The van der Waals surface area contributed by atoms with Crippen LogP contribution in [-0.4, -0.2) is 32.6 Å². The molecule has 2 aromatic heterocycles. The van der Waals surface area contributed by atoms with Crippen LogP contribution in [0.4, 0.5) is 5.82 Å². The number of hydrogen-bond donors (Lipinski definition) is 5. The first-order chi connectivity index (χ1) is 19.6. The summed E-state index contributed by atoms with van der Waals surface area (Å²) in [6.45, 7) is 0.694. The number of H-pyrrole nitrogens is 2. The van der Waals surface area contributed by atoms with E-state index in [4.69, 9.17) is 16.5 Å². The molecule has 1 fully saturated rings. The number of nitrogen functional groups attached to an aromatic ring is 1. The monoisotopic (exact) mass is 533 g/mol. The van der Waals surface area contributed by atoms with Gasteiger partial charge in [0.2, 0.25) is 5.91 Å². The molecule has 2 heterocycles. The molecule has 1 aliphatic rings. The maximum absolute atomic E-state index is 13.5. The molecule has 0 aliphatic heterocycles. The lowest BCUT2D eigenvalue weighted by molar-refractivity contribution is -0.127. The Morgan fingerprint density at radius 1 is 0.975 bits per heavy atom. The Morgan fingerprint density at radius 3 is 2.55 bits per heavy atom. The molecule has 8 heteroatoms. The lowest BCUT2D eigenvalue weighted by Gasteiger charge is -2.28. The van der Waals surface area contributed by atoms with E-state index in [2.05, 4.69) is 50.8 Å². The second kappa shape index (κ2) is 11.4. The van der Waals surface area contributed by atoms with E-state index < -0.39 is 0 Å². The third-order valence-electron chi connectivity index (χ3n) is 8.22. The number of carbonyl (C=O) groups excluding carboxylic acids is 1. The van der Waals surface area contributed by atoms with Crippen molar-refractivity contribution in [2.24, 2.45) is 17.6 Å². The van der Waals surface area contributed by atoms with E-state index in [9.17, 15) is 4.79 Å². The molecule has 0 unspecified atom stereocenters. The SMILES string of the molecule is NCC1CCC(C(=O)N[C@@H](Cc2ccccc2-c2ccccc2)c2ncc(-c3ccc4c(N)n[nH]c4c3)[nH]2)CC1. The third-order valence-corrected chi connectivity index (χ3v) is 8.22. The molecular weight excluding hydrogens is 498 g/mol. The van der Waals surface area contributed by atoms with Gasteiger partial charge >= 0.3 is 0 Å². The van der Waals surface area contributed by atoms with Gasteiger partial charge < -0.3 is 21.8 Å². The smallest absolute Gasteiger partial charge is 0.223 e. The molecule has 6 rings (SSSR count). The fourth-order valence-corrected chi connectivity index (χ4v) is 5.85. The number of rotatable bonds is 8. The predicted octanol–water partition coefficient (Wildman–Crippen LogP) is 5.37. The highest BCUT2D eigenvalue weighted by molar-refractivity contribution is 5.91. The summed E-state index contributed by atoms with van der Waals surface area (Å²) in [7, 11) is 0. The molecule has 3 aromatic carbocycles. The first-order valence-corrected chi connectivity index (χ1v) is 14.0. The summed E-state index contributed by atoms with van der Waals surface area (Å²) in [5, 5.41) is 11.3. The fraction of sp³-hybridized carbons (Fsp3) is 0.281. The van der Waals surface area contributed by atoms with E-state index in [0.717, 1.165) is 70.4 Å². The van der Waals surface area contributed by atoms with E-state index >= 15 is 0 Å². The van der Waals surface area contributed by atoms with Gasteiger partial charge in [0, 0.05) is 23.3 Å². The van der Waals surface area contributed by atoms with Crippen LogP contribution < -0.4 is 16.8 Å². The third kappa shape index (κ3) is 5.35. The lowest BCUT2D eigenvalue weighted by atomic mass is 9.81. The first-order valence-electron chi connectivity index (χ1n) is 14.0. The van der Waals surface area contributed by atoms with Crippen molar-refractivity contribution in [3.05, 3.63) is 90.4 Å². The Bertz CT molecular complexity index is 1600. The molecule has 0 radical (unpaired) electrons. The van der Waals surface area contributed by atoms with Gasteiger partial charge in [0.05, 0.1) is 23.4 Å². The molecule has 204 valence electrons. The van der Waals surface area contributed by atoms with E-state index in [1.54, 1.807) is 0 Å². The lowest BCUT2D eigenvalue weighted by Crippen LogP contribution is -2.37. The summed E-state index contributed by atoms with van der Waals surface area (Å²) in [6.07, 6.45) is 6.18. The van der Waals surface area contributed by atoms with Gasteiger partial charge in [-0.15, -0.1) is 0 Å². The Balaban J connectivity index is 1.30. The number of nitrogens with zero attached hydrogens (tertiary/aromatic N) is 2. The van der Waals surface area contributed by atoms with Crippen LogP contribution in [0.15, 0.2) is 79.0 Å². The zero-order valence-electron chi connectivity index (χ0n) is 22.4. The molecule has 7 N–H and O–H groups in total. The molecule has 1 saturated carbocycles. The largest absolute Gasteiger partial charge is 0.382 e. The summed E-state index contributed by atoms with van der Waals surface area (Å²) in [5.41, 5.74) is 18.0. The molecule has 1 atom stereocenters. The van der Waals surface area contributed by atoms with Crippen molar-refractivity contribution in [1.29, 1.82) is 0 Å². The van der Waals surface area contributed by atoms with Crippen LogP contribution in [0, 0.1) is 11.8 Å². The van der Waals surface area contributed by atoms with Crippen molar-refractivity contribution < 1.29 is 4.79 Å². The van der Waals surface area contributed by atoms with E-state index in [0.29, 0.717) is 24.7 Å². The van der Waals surface area contributed by atoms with Crippen LogP contribution in [0.2, 0.25) is 0 Å². The quantitative estimate of drug-likeness (QED) is 0.183. The Kier molecular flexibility index (Phi) is 7.33. The minimum atomic E-state index is -0.315. The molecule has 0 spiro atoms. The molecule has 0 saturated heterocycles. The van der Waals surface area contributed by atoms with Crippen molar-refractivity contribution in [2.45, 2.75) is 38.1 Å². The van der Waals surface area contributed by atoms with Gasteiger partial charge in [0.25, 0.3) is 0 Å². The number of fused-ring (bicyclic) bond motifs is 1. The summed E-state index contributed by atoms with van der Waals surface area (Å²) in [5.74, 6) is 1.81. The average molecular weight is 534 g/mol. The normalized spacial score (nSPS) is 18.0. The number of aromatic nitrogens is 4. The number of nitrogens with two attached hydrogens (primary N) is 2. The minimum Gasteiger partial charge on any atom is -0.382 e. The van der Waals surface area contributed by atoms with Crippen molar-refractivity contribution in [3.8, 4) is 22.4 Å². The zero-order chi connectivity index (χ0) is 27.5. The number of amides is 1. The maximum atomic E-state index is 13.5. The number of aromatic amines is 2. The summed E-state index contributed by atoms with van der Waals surface area (Å²) in [4.78, 5) is 21.8. The van der Waals surface area contributed by atoms with Crippen molar-refractivity contribution in [2.75, 3.05) is 12.3 Å². The zero-order valence-corrected chi connectivity index (χ0v) is 22.4. The molecule has 40 heavy (non-hydrogen) atoms.